The fraction of sp³-hybridized carbons (Fsp3) is 0.227. The Morgan fingerprint density at radius 3 is 2.39 bits per heavy atom. The van der Waals surface area contributed by atoms with Crippen molar-refractivity contribution in [2.75, 3.05) is 7.11 Å². The number of aryl methyl sites for hydroxylation is 2. The molecule has 6 nitrogen and oxygen atoms in total. The Kier molecular flexibility index (Phi) is 9.47. The quantitative estimate of drug-likeness (QED) is 0.118. The van der Waals surface area contributed by atoms with Crippen LogP contribution in [0.2, 0.25) is 0 Å². The molecule has 0 bridgehead atoms. The number of para-hydroxylation sites is 1. The summed E-state index contributed by atoms with van der Waals surface area (Å²) >= 11 is 0. The molecule has 0 aliphatic heterocycles. The number of aromatic nitrogens is 4. The van der Waals surface area contributed by atoms with Crippen LogP contribution >= 0.6 is 0 Å². The van der Waals surface area contributed by atoms with Crippen LogP contribution in [0.25, 0.3) is 33.3 Å². The molecule has 1 aliphatic carbocycles. The van der Waals surface area contributed by atoms with Gasteiger partial charge in [0.1, 0.15) is 11.6 Å². The van der Waals surface area contributed by atoms with E-state index in [1.54, 1.807) is 13.3 Å². The van der Waals surface area contributed by atoms with Crippen molar-refractivity contribution in [1.82, 2.24) is 19.3 Å². The van der Waals surface area contributed by atoms with Gasteiger partial charge in [-0.3, -0.25) is 4.68 Å². The SMILES string of the molecule is COc1ccnc(-n2c3[c-]c(Oc4[c-]c(-n5nc(C)c(C6C(C)=C[C@H](c7ccccc7)C[C@@H]6C)c5C)cc(C)c4)ccc3c3ccccc32)c1.[Pt+2]. The zero-order chi connectivity index (χ0) is 34.5. The van der Waals surface area contributed by atoms with E-state index in [0.29, 0.717) is 29.3 Å². The summed E-state index contributed by atoms with van der Waals surface area (Å²) < 4.78 is 16.2. The first-order valence-corrected chi connectivity index (χ1v) is 17.3. The maximum Gasteiger partial charge on any atom is 2.00 e. The van der Waals surface area contributed by atoms with E-state index in [1.807, 2.05) is 35.0 Å². The summed E-state index contributed by atoms with van der Waals surface area (Å²) in [6.07, 6.45) is 5.34. The number of methoxy groups -OCH3 is 1. The summed E-state index contributed by atoms with van der Waals surface area (Å²) in [6.45, 7) is 11.1. The molecular formula is C44H40N4O2Pt. The number of benzene rings is 4. The molecule has 3 atom stereocenters. The van der Waals surface area contributed by atoms with Crippen LogP contribution in [0.1, 0.15) is 60.2 Å². The molecule has 0 spiro atoms. The summed E-state index contributed by atoms with van der Waals surface area (Å²) in [4.78, 5) is 4.68. The van der Waals surface area contributed by atoms with Crippen LogP contribution in [0.3, 0.4) is 0 Å². The van der Waals surface area contributed by atoms with Crippen molar-refractivity contribution in [3.63, 3.8) is 0 Å². The largest absolute Gasteiger partial charge is 2.00 e. The van der Waals surface area contributed by atoms with E-state index in [-0.39, 0.29) is 21.1 Å². The molecule has 3 heterocycles. The number of hydrogen-bond acceptors (Lipinski definition) is 4. The summed E-state index contributed by atoms with van der Waals surface area (Å²) in [7, 11) is 1.66. The van der Waals surface area contributed by atoms with Crippen LogP contribution in [0.15, 0.2) is 109 Å². The Morgan fingerprint density at radius 2 is 1.61 bits per heavy atom. The summed E-state index contributed by atoms with van der Waals surface area (Å²) in [5.74, 6) is 3.93. The Balaban J connectivity index is 0.00000406. The van der Waals surface area contributed by atoms with Crippen molar-refractivity contribution in [2.24, 2.45) is 5.92 Å². The van der Waals surface area contributed by atoms with E-state index in [0.717, 1.165) is 62.4 Å². The third-order valence-electron chi connectivity index (χ3n) is 10.2. The number of allylic oxidation sites excluding steroid dienone is 2. The van der Waals surface area contributed by atoms with Crippen LogP contribution in [-0.4, -0.2) is 26.4 Å². The standard InChI is InChI=1S/C44H40N4O2.Pt/c1-27-20-34(48-31(5)44(30(4)46-48)43-28(2)22-33(23-29(43)3)32-12-8-7-9-13-32)24-37(21-27)50-36-16-17-39-38-14-10-11-15-40(38)47(41(39)25-36)42-26-35(49-6)18-19-45-42;/h7-22,26,29,33,43H,23H2,1-6H3;/q-2;+2/t29-,33-,43?;/m0./s1. The average Bonchev–Trinajstić information content (AvgIpc) is 3.60. The number of ether oxygens (including phenoxy) is 2. The van der Waals surface area contributed by atoms with Gasteiger partial charge < -0.3 is 14.0 Å². The molecule has 0 saturated carbocycles. The van der Waals surface area contributed by atoms with Crippen molar-refractivity contribution in [2.45, 2.75) is 52.9 Å². The Morgan fingerprint density at radius 1 is 0.824 bits per heavy atom. The summed E-state index contributed by atoms with van der Waals surface area (Å²) in [5, 5.41) is 7.28. The Labute approximate surface area is 314 Å². The van der Waals surface area contributed by atoms with Gasteiger partial charge in [-0.05, 0) is 61.9 Å². The first-order chi connectivity index (χ1) is 24.3. The summed E-state index contributed by atoms with van der Waals surface area (Å²) in [6, 6.07) is 38.2. The number of pyridine rings is 1. The van der Waals surface area contributed by atoms with Crippen LogP contribution in [-0.2, 0) is 21.1 Å². The van der Waals surface area contributed by atoms with Gasteiger partial charge in [-0.15, -0.1) is 35.7 Å². The van der Waals surface area contributed by atoms with Gasteiger partial charge in [0.05, 0.1) is 12.8 Å². The Hall–Kier alpha value is -4.93. The van der Waals surface area contributed by atoms with Gasteiger partial charge in [-0.25, -0.2) is 4.98 Å². The monoisotopic (exact) mass is 851 g/mol. The molecule has 0 saturated heterocycles. The fourth-order valence-corrected chi connectivity index (χ4v) is 8.03. The number of nitrogens with zero attached hydrogens (tertiary/aromatic N) is 4. The number of fused-ring (bicyclic) bond motifs is 3. The second-order valence-electron chi connectivity index (χ2n) is 13.6. The third kappa shape index (κ3) is 6.31. The second-order valence-corrected chi connectivity index (χ2v) is 13.6. The van der Waals surface area contributed by atoms with E-state index in [2.05, 4.69) is 123 Å². The molecule has 1 unspecified atom stereocenters. The van der Waals surface area contributed by atoms with E-state index in [4.69, 9.17) is 14.6 Å². The first kappa shape index (κ1) is 34.5. The van der Waals surface area contributed by atoms with Gasteiger partial charge in [0.25, 0.3) is 0 Å². The van der Waals surface area contributed by atoms with Crippen molar-refractivity contribution in [1.29, 1.82) is 0 Å². The second kappa shape index (κ2) is 14.0. The molecule has 1 aliphatic rings. The van der Waals surface area contributed by atoms with Gasteiger partial charge in [0, 0.05) is 52.4 Å². The molecule has 258 valence electrons. The molecule has 3 aromatic heterocycles. The molecule has 4 aromatic carbocycles. The van der Waals surface area contributed by atoms with Gasteiger partial charge in [-0.1, -0.05) is 79.5 Å². The minimum atomic E-state index is 0. The smallest absolute Gasteiger partial charge is 0.509 e. The topological polar surface area (TPSA) is 54.1 Å². The maximum absolute atomic E-state index is 6.52. The zero-order valence-corrected chi connectivity index (χ0v) is 31.9. The predicted octanol–water partition coefficient (Wildman–Crippen LogP) is 10.5. The van der Waals surface area contributed by atoms with Crippen molar-refractivity contribution in [3.05, 3.63) is 149 Å². The molecule has 0 fully saturated rings. The van der Waals surface area contributed by atoms with Crippen LogP contribution < -0.4 is 9.47 Å². The normalized spacial score (nSPS) is 17.3. The molecule has 0 amide bonds. The molecular weight excluding hydrogens is 812 g/mol. The summed E-state index contributed by atoms with van der Waals surface area (Å²) in [5.41, 5.74) is 10.1. The molecule has 0 N–H and O–H groups in total. The van der Waals surface area contributed by atoms with Crippen LogP contribution in [0.4, 0.5) is 0 Å². The van der Waals surface area contributed by atoms with Gasteiger partial charge >= 0.3 is 21.1 Å². The van der Waals surface area contributed by atoms with Crippen molar-refractivity contribution < 1.29 is 30.5 Å². The number of rotatable bonds is 7. The van der Waals surface area contributed by atoms with Crippen molar-refractivity contribution >= 4 is 21.8 Å². The Bertz CT molecular complexity index is 2410. The van der Waals surface area contributed by atoms with Gasteiger partial charge in [0.15, 0.2) is 0 Å². The van der Waals surface area contributed by atoms with Gasteiger partial charge in [0.2, 0.25) is 0 Å². The van der Waals surface area contributed by atoms with E-state index >= 15 is 0 Å². The van der Waals surface area contributed by atoms with Crippen LogP contribution in [0, 0.1) is 38.8 Å². The van der Waals surface area contributed by atoms with E-state index in [9.17, 15) is 0 Å². The predicted molar refractivity (Wildman–Crippen MR) is 200 cm³/mol. The fourth-order valence-electron chi connectivity index (χ4n) is 8.03. The van der Waals surface area contributed by atoms with E-state index < -0.39 is 0 Å². The maximum atomic E-state index is 6.52. The molecule has 8 rings (SSSR count). The first-order valence-electron chi connectivity index (χ1n) is 17.3. The molecule has 7 aromatic rings. The molecule has 7 heteroatoms. The van der Waals surface area contributed by atoms with Gasteiger partial charge in [-0.2, -0.15) is 16.7 Å². The van der Waals surface area contributed by atoms with E-state index in [1.165, 1.54) is 16.7 Å². The van der Waals surface area contributed by atoms with Crippen molar-refractivity contribution in [3.8, 4) is 28.8 Å². The minimum absolute atomic E-state index is 0. The van der Waals surface area contributed by atoms with Crippen LogP contribution in [0.5, 0.6) is 17.2 Å². The molecule has 0 radical (unpaired) electrons. The third-order valence-corrected chi connectivity index (χ3v) is 10.2. The zero-order valence-electron chi connectivity index (χ0n) is 29.7. The number of hydrogen-bond donors (Lipinski definition) is 0. The molecule has 51 heavy (non-hydrogen) atoms. The minimum Gasteiger partial charge on any atom is -0.509 e. The average molecular weight is 852 g/mol.